The van der Waals surface area contributed by atoms with Gasteiger partial charge in [-0.2, -0.15) is 0 Å². The van der Waals surface area contributed by atoms with E-state index in [4.69, 9.17) is 4.74 Å². The quantitative estimate of drug-likeness (QED) is 0.476. The third-order valence-corrected chi connectivity index (χ3v) is 3.14. The van der Waals surface area contributed by atoms with Crippen LogP contribution in [0.1, 0.15) is 27.6 Å². The van der Waals surface area contributed by atoms with Crippen LogP contribution in [0.3, 0.4) is 0 Å². The van der Waals surface area contributed by atoms with Gasteiger partial charge >= 0.3 is 5.97 Å². The maximum absolute atomic E-state index is 13.1. The number of hydrogen-bond donors (Lipinski definition) is 2. The monoisotopic (exact) mass is 344 g/mol. The minimum atomic E-state index is -0.492. The first kappa shape index (κ1) is 18.1. The molecule has 0 aliphatic rings. The summed E-state index contributed by atoms with van der Waals surface area (Å²) in [6.45, 7) is 1.65. The highest BCUT2D eigenvalue weighted by atomic mass is 19.1. The zero-order valence-corrected chi connectivity index (χ0v) is 13.5. The van der Waals surface area contributed by atoms with Crippen molar-refractivity contribution in [3.05, 3.63) is 65.5 Å². The van der Waals surface area contributed by atoms with Crippen molar-refractivity contribution < 1.29 is 23.5 Å². The van der Waals surface area contributed by atoms with Crippen molar-refractivity contribution in [2.45, 2.75) is 6.92 Å². The Labute approximate surface area is 144 Å². The van der Waals surface area contributed by atoms with Gasteiger partial charge in [-0.15, -0.1) is 0 Å². The van der Waals surface area contributed by atoms with Gasteiger partial charge in [0.1, 0.15) is 11.6 Å². The Hall–Kier alpha value is -3.22. The first-order chi connectivity index (χ1) is 12.0. The van der Waals surface area contributed by atoms with Crippen molar-refractivity contribution in [2.75, 3.05) is 13.1 Å². The Balaban J connectivity index is 1.80. The highest BCUT2D eigenvalue weighted by molar-refractivity contribution is 5.95. The molecule has 2 aromatic rings. The Morgan fingerprint density at radius 2 is 1.48 bits per heavy atom. The van der Waals surface area contributed by atoms with Gasteiger partial charge in [0, 0.05) is 31.1 Å². The number of hydrogen-bond acceptors (Lipinski definition) is 4. The molecule has 0 bridgehead atoms. The van der Waals surface area contributed by atoms with Gasteiger partial charge in [0.15, 0.2) is 0 Å². The highest BCUT2D eigenvalue weighted by Gasteiger charge is 2.09. The lowest BCUT2D eigenvalue weighted by Crippen LogP contribution is -2.34. The van der Waals surface area contributed by atoms with Crippen LogP contribution in [0.15, 0.2) is 48.5 Å². The van der Waals surface area contributed by atoms with Gasteiger partial charge in [0.2, 0.25) is 0 Å². The van der Waals surface area contributed by atoms with E-state index in [-0.39, 0.29) is 30.3 Å². The SMILES string of the molecule is CC(=O)Oc1cccc(C(=O)NCCNC(=O)c2cccc(F)c2)c1. The molecule has 0 fully saturated rings. The third-order valence-electron chi connectivity index (χ3n) is 3.14. The highest BCUT2D eigenvalue weighted by Crippen LogP contribution is 2.13. The number of carbonyl (C=O) groups excluding carboxylic acids is 3. The zero-order chi connectivity index (χ0) is 18.2. The van der Waals surface area contributed by atoms with Crippen LogP contribution in [-0.4, -0.2) is 30.9 Å². The van der Waals surface area contributed by atoms with Crippen LogP contribution in [0.2, 0.25) is 0 Å². The number of amides is 2. The first-order valence-corrected chi connectivity index (χ1v) is 7.56. The Morgan fingerprint density at radius 1 is 0.920 bits per heavy atom. The molecule has 0 aromatic heterocycles. The van der Waals surface area contributed by atoms with E-state index >= 15 is 0 Å². The topological polar surface area (TPSA) is 84.5 Å². The third kappa shape index (κ3) is 5.72. The lowest BCUT2D eigenvalue weighted by atomic mass is 10.2. The van der Waals surface area contributed by atoms with E-state index in [1.54, 1.807) is 18.2 Å². The summed E-state index contributed by atoms with van der Waals surface area (Å²) >= 11 is 0. The average Bonchev–Trinajstić information content (AvgIpc) is 2.58. The van der Waals surface area contributed by atoms with Crippen LogP contribution < -0.4 is 15.4 Å². The molecule has 2 N–H and O–H groups in total. The standard InChI is InChI=1S/C18H17FN2O4/c1-12(22)25-16-7-3-5-14(11-16)18(24)21-9-8-20-17(23)13-4-2-6-15(19)10-13/h2-7,10-11H,8-9H2,1H3,(H,20,23)(H,21,24). The summed E-state index contributed by atoms with van der Waals surface area (Å²) in [6.07, 6.45) is 0. The van der Waals surface area contributed by atoms with Crippen LogP contribution in [0, 0.1) is 5.82 Å². The summed E-state index contributed by atoms with van der Waals surface area (Å²) in [6, 6.07) is 11.5. The first-order valence-electron chi connectivity index (χ1n) is 7.56. The van der Waals surface area contributed by atoms with E-state index in [9.17, 15) is 18.8 Å². The maximum atomic E-state index is 13.1. The molecular weight excluding hydrogens is 327 g/mol. The molecule has 0 radical (unpaired) electrons. The van der Waals surface area contributed by atoms with E-state index in [0.717, 1.165) is 6.07 Å². The van der Waals surface area contributed by atoms with Gasteiger partial charge < -0.3 is 15.4 Å². The number of esters is 1. The summed E-state index contributed by atoms with van der Waals surface area (Å²) in [5.41, 5.74) is 0.538. The average molecular weight is 344 g/mol. The zero-order valence-electron chi connectivity index (χ0n) is 13.5. The second-order valence-electron chi connectivity index (χ2n) is 5.14. The predicted octanol–water partition coefficient (Wildman–Crippen LogP) is 1.91. The molecule has 0 aliphatic carbocycles. The summed E-state index contributed by atoms with van der Waals surface area (Å²) in [7, 11) is 0. The normalized spacial score (nSPS) is 10.0. The number of ether oxygens (including phenoxy) is 1. The Morgan fingerprint density at radius 3 is 2.04 bits per heavy atom. The van der Waals surface area contributed by atoms with Crippen molar-refractivity contribution in [1.82, 2.24) is 10.6 Å². The molecule has 2 aromatic carbocycles. The second-order valence-corrected chi connectivity index (χ2v) is 5.14. The molecule has 130 valence electrons. The van der Waals surface area contributed by atoms with Crippen LogP contribution in [0.5, 0.6) is 5.75 Å². The molecule has 0 spiro atoms. The number of nitrogens with one attached hydrogen (secondary N) is 2. The number of carbonyl (C=O) groups is 3. The molecule has 0 unspecified atom stereocenters. The lowest BCUT2D eigenvalue weighted by Gasteiger charge is -2.08. The molecular formula is C18H17FN2O4. The molecule has 25 heavy (non-hydrogen) atoms. The van der Waals surface area contributed by atoms with Gasteiger partial charge in [0.05, 0.1) is 0 Å². The van der Waals surface area contributed by atoms with E-state index in [2.05, 4.69) is 10.6 Å². The fourth-order valence-corrected chi connectivity index (χ4v) is 2.05. The molecule has 0 heterocycles. The summed E-state index contributed by atoms with van der Waals surface area (Å²) in [5.74, 6) is -1.48. The van der Waals surface area contributed by atoms with Gasteiger partial charge in [0.25, 0.3) is 11.8 Å². The molecule has 7 heteroatoms. The molecule has 0 aliphatic heterocycles. The number of benzene rings is 2. The van der Waals surface area contributed by atoms with E-state index in [0.29, 0.717) is 5.56 Å². The largest absolute Gasteiger partial charge is 0.427 e. The smallest absolute Gasteiger partial charge is 0.308 e. The second kappa shape index (κ2) is 8.58. The molecule has 0 saturated heterocycles. The van der Waals surface area contributed by atoms with Crippen LogP contribution >= 0.6 is 0 Å². The number of halogens is 1. The molecule has 2 amide bonds. The van der Waals surface area contributed by atoms with Crippen LogP contribution in [0.4, 0.5) is 4.39 Å². The Bertz CT molecular complexity index is 792. The van der Waals surface area contributed by atoms with Crippen molar-refractivity contribution in [3.63, 3.8) is 0 Å². The summed E-state index contributed by atoms with van der Waals surface area (Å²) < 4.78 is 18.0. The summed E-state index contributed by atoms with van der Waals surface area (Å²) in [4.78, 5) is 34.8. The van der Waals surface area contributed by atoms with Crippen molar-refractivity contribution in [2.24, 2.45) is 0 Å². The van der Waals surface area contributed by atoms with Gasteiger partial charge in [-0.1, -0.05) is 12.1 Å². The Kier molecular flexibility index (Phi) is 6.22. The summed E-state index contributed by atoms with van der Waals surface area (Å²) in [5, 5.41) is 5.21. The maximum Gasteiger partial charge on any atom is 0.308 e. The minimum Gasteiger partial charge on any atom is -0.427 e. The van der Waals surface area contributed by atoms with E-state index in [1.165, 1.54) is 31.2 Å². The predicted molar refractivity (Wildman–Crippen MR) is 88.8 cm³/mol. The van der Waals surface area contributed by atoms with E-state index < -0.39 is 17.7 Å². The van der Waals surface area contributed by atoms with Crippen molar-refractivity contribution in [1.29, 1.82) is 0 Å². The molecule has 2 rings (SSSR count). The van der Waals surface area contributed by atoms with Crippen LogP contribution in [-0.2, 0) is 4.79 Å². The molecule has 0 saturated carbocycles. The molecule has 0 atom stereocenters. The van der Waals surface area contributed by atoms with Crippen LogP contribution in [0.25, 0.3) is 0 Å². The molecule has 6 nitrogen and oxygen atoms in total. The van der Waals surface area contributed by atoms with Gasteiger partial charge in [-0.3, -0.25) is 14.4 Å². The van der Waals surface area contributed by atoms with Crippen molar-refractivity contribution >= 4 is 17.8 Å². The number of rotatable bonds is 6. The minimum absolute atomic E-state index is 0.185. The fourth-order valence-electron chi connectivity index (χ4n) is 2.05. The van der Waals surface area contributed by atoms with E-state index in [1.807, 2.05) is 0 Å². The lowest BCUT2D eigenvalue weighted by molar-refractivity contribution is -0.131. The fraction of sp³-hybridized carbons (Fsp3) is 0.167. The van der Waals surface area contributed by atoms with Gasteiger partial charge in [-0.25, -0.2) is 4.39 Å². The van der Waals surface area contributed by atoms with Gasteiger partial charge in [-0.05, 0) is 36.4 Å². The van der Waals surface area contributed by atoms with Crippen molar-refractivity contribution in [3.8, 4) is 5.75 Å².